The summed E-state index contributed by atoms with van der Waals surface area (Å²) in [6.45, 7) is 2.04. The molecule has 0 saturated heterocycles. The highest BCUT2D eigenvalue weighted by atomic mass is 19.2. The first kappa shape index (κ1) is 21.5. The molecule has 0 aliphatic rings. The molecule has 3 aromatic rings. The fraction of sp³-hybridized carbons (Fsp3) is 0.174. The third kappa shape index (κ3) is 4.84. The van der Waals surface area contributed by atoms with Gasteiger partial charge in [0, 0.05) is 12.1 Å². The van der Waals surface area contributed by atoms with Gasteiger partial charge in [-0.3, -0.25) is 0 Å². The highest BCUT2D eigenvalue weighted by Crippen LogP contribution is 2.23. The van der Waals surface area contributed by atoms with Gasteiger partial charge in [0.15, 0.2) is 17.5 Å². The van der Waals surface area contributed by atoms with Gasteiger partial charge in [-0.25, -0.2) is 26.7 Å². The summed E-state index contributed by atoms with van der Waals surface area (Å²) in [5.74, 6) is -9.48. The Kier molecular flexibility index (Phi) is 6.50. The lowest BCUT2D eigenvalue weighted by atomic mass is 10.0. The molecule has 0 heterocycles. The SMILES string of the molecule is CCc1ccc(CCc2cc(F)c(C(=O)Oc3cc(F)c(F)c(F)c3)c(F)c2)cc1. The second-order valence-corrected chi connectivity index (χ2v) is 6.69. The summed E-state index contributed by atoms with van der Waals surface area (Å²) in [5, 5.41) is 0. The monoisotopic (exact) mass is 420 g/mol. The predicted octanol–water partition coefficient (Wildman–Crippen LogP) is 5.95. The average molecular weight is 420 g/mol. The smallest absolute Gasteiger partial charge is 0.349 e. The van der Waals surface area contributed by atoms with Crippen LogP contribution in [0.2, 0.25) is 0 Å². The van der Waals surface area contributed by atoms with E-state index in [1.165, 1.54) is 5.56 Å². The lowest BCUT2D eigenvalue weighted by Gasteiger charge is -2.09. The van der Waals surface area contributed by atoms with Crippen LogP contribution in [0.4, 0.5) is 22.0 Å². The molecule has 0 atom stereocenters. The molecule has 0 amide bonds. The van der Waals surface area contributed by atoms with E-state index in [9.17, 15) is 26.7 Å². The van der Waals surface area contributed by atoms with Crippen LogP contribution in [-0.2, 0) is 19.3 Å². The number of halogens is 5. The minimum absolute atomic E-state index is 0.333. The molecule has 156 valence electrons. The van der Waals surface area contributed by atoms with E-state index in [1.807, 2.05) is 31.2 Å². The van der Waals surface area contributed by atoms with E-state index in [1.54, 1.807) is 0 Å². The van der Waals surface area contributed by atoms with Gasteiger partial charge >= 0.3 is 5.97 Å². The Labute approximate surface area is 169 Å². The van der Waals surface area contributed by atoms with Gasteiger partial charge in [0.05, 0.1) is 0 Å². The van der Waals surface area contributed by atoms with Gasteiger partial charge < -0.3 is 4.74 Å². The number of ether oxygens (including phenoxy) is 1. The number of rotatable bonds is 6. The molecule has 2 nitrogen and oxygen atoms in total. The lowest BCUT2D eigenvalue weighted by Crippen LogP contribution is -2.14. The van der Waals surface area contributed by atoms with E-state index in [4.69, 9.17) is 0 Å². The van der Waals surface area contributed by atoms with Gasteiger partial charge in [0.2, 0.25) is 0 Å². The Balaban J connectivity index is 1.74. The van der Waals surface area contributed by atoms with Crippen LogP contribution in [0.5, 0.6) is 5.75 Å². The van der Waals surface area contributed by atoms with Gasteiger partial charge in [-0.2, -0.15) is 0 Å². The van der Waals surface area contributed by atoms with E-state index in [0.717, 1.165) is 24.1 Å². The van der Waals surface area contributed by atoms with Gasteiger partial charge in [0.1, 0.15) is 22.9 Å². The van der Waals surface area contributed by atoms with Gasteiger partial charge in [-0.1, -0.05) is 31.2 Å². The molecule has 0 bridgehead atoms. The van der Waals surface area contributed by atoms with Crippen molar-refractivity contribution < 1.29 is 31.5 Å². The van der Waals surface area contributed by atoms with E-state index in [2.05, 4.69) is 4.74 Å². The summed E-state index contributed by atoms with van der Waals surface area (Å²) in [6, 6.07) is 10.7. The molecule has 7 heteroatoms. The van der Waals surface area contributed by atoms with Crippen molar-refractivity contribution in [3.05, 3.63) is 99.9 Å². The molecule has 0 N–H and O–H groups in total. The molecule has 0 radical (unpaired) electrons. The summed E-state index contributed by atoms with van der Waals surface area (Å²) >= 11 is 0. The van der Waals surface area contributed by atoms with Crippen molar-refractivity contribution in [3.63, 3.8) is 0 Å². The average Bonchev–Trinajstić information content (AvgIpc) is 2.70. The fourth-order valence-corrected chi connectivity index (χ4v) is 2.94. The first-order valence-corrected chi connectivity index (χ1v) is 9.21. The van der Waals surface area contributed by atoms with Crippen LogP contribution < -0.4 is 4.74 Å². The maximum Gasteiger partial charge on any atom is 0.349 e. The summed E-state index contributed by atoms with van der Waals surface area (Å²) in [4.78, 5) is 12.1. The Bertz CT molecular complexity index is 1030. The minimum Gasteiger partial charge on any atom is -0.423 e. The van der Waals surface area contributed by atoms with Crippen LogP contribution in [0.25, 0.3) is 0 Å². The first-order chi connectivity index (χ1) is 14.3. The molecule has 0 aliphatic heterocycles. The van der Waals surface area contributed by atoms with Crippen LogP contribution in [0.3, 0.4) is 0 Å². The van der Waals surface area contributed by atoms with E-state index >= 15 is 0 Å². The third-order valence-corrected chi connectivity index (χ3v) is 4.61. The van der Waals surface area contributed by atoms with Gasteiger partial charge in [0.25, 0.3) is 0 Å². The summed E-state index contributed by atoms with van der Waals surface area (Å²) in [5.41, 5.74) is 1.51. The summed E-state index contributed by atoms with van der Waals surface area (Å²) in [7, 11) is 0. The fourth-order valence-electron chi connectivity index (χ4n) is 2.94. The summed E-state index contributed by atoms with van der Waals surface area (Å²) < 4.78 is 72.7. The van der Waals surface area contributed by atoms with Crippen LogP contribution in [0.15, 0.2) is 48.5 Å². The maximum absolute atomic E-state index is 14.4. The number of benzene rings is 3. The van der Waals surface area contributed by atoms with E-state index < -0.39 is 46.4 Å². The van der Waals surface area contributed by atoms with Gasteiger partial charge in [-0.15, -0.1) is 0 Å². The predicted molar refractivity (Wildman–Crippen MR) is 101 cm³/mol. The summed E-state index contributed by atoms with van der Waals surface area (Å²) in [6.07, 6.45) is 1.79. The van der Waals surface area contributed by atoms with E-state index in [-0.39, 0.29) is 0 Å². The van der Waals surface area contributed by atoms with Gasteiger partial charge in [-0.05, 0) is 48.1 Å². The van der Waals surface area contributed by atoms with Crippen molar-refractivity contribution in [3.8, 4) is 5.75 Å². The van der Waals surface area contributed by atoms with Crippen molar-refractivity contribution >= 4 is 5.97 Å². The number of carbonyl (C=O) groups is 1. The molecule has 3 aromatic carbocycles. The Morgan fingerprint density at radius 3 is 1.77 bits per heavy atom. The molecular formula is C23H17F5O2. The van der Waals surface area contributed by atoms with Crippen LogP contribution in [0.1, 0.15) is 34.0 Å². The molecule has 30 heavy (non-hydrogen) atoms. The quantitative estimate of drug-likeness (QED) is 0.213. The zero-order valence-corrected chi connectivity index (χ0v) is 15.9. The molecule has 0 spiro atoms. The highest BCUT2D eigenvalue weighted by Gasteiger charge is 2.22. The van der Waals surface area contributed by atoms with Crippen LogP contribution >= 0.6 is 0 Å². The standard InChI is InChI=1S/C23H17F5O2/c1-2-13-3-5-14(6-4-13)7-8-15-9-17(24)21(18(25)10-15)23(29)30-16-11-19(26)22(28)20(27)12-16/h3-6,9-12H,2,7-8H2,1H3. The van der Waals surface area contributed by atoms with Crippen molar-refractivity contribution in [2.75, 3.05) is 0 Å². The Morgan fingerprint density at radius 1 is 0.733 bits per heavy atom. The molecule has 0 aromatic heterocycles. The molecule has 0 aliphatic carbocycles. The molecule has 3 rings (SSSR count). The molecule has 0 unspecified atom stereocenters. The van der Waals surface area contributed by atoms with Crippen LogP contribution in [0, 0.1) is 29.1 Å². The van der Waals surface area contributed by atoms with Crippen molar-refractivity contribution in [2.24, 2.45) is 0 Å². The highest BCUT2D eigenvalue weighted by molar-refractivity contribution is 5.91. The Hall–Kier alpha value is -3.22. The minimum atomic E-state index is -1.75. The number of carbonyl (C=O) groups excluding carboxylic acids is 1. The van der Waals surface area contributed by atoms with Crippen LogP contribution in [-0.4, -0.2) is 5.97 Å². The second-order valence-electron chi connectivity index (χ2n) is 6.69. The maximum atomic E-state index is 14.4. The second kappa shape index (κ2) is 9.07. The van der Waals surface area contributed by atoms with E-state index in [0.29, 0.717) is 30.5 Å². The normalized spacial score (nSPS) is 10.9. The number of esters is 1. The molecule has 0 saturated carbocycles. The topological polar surface area (TPSA) is 26.3 Å². The Morgan fingerprint density at radius 2 is 1.23 bits per heavy atom. The first-order valence-electron chi connectivity index (χ1n) is 9.21. The molecular weight excluding hydrogens is 403 g/mol. The zero-order valence-electron chi connectivity index (χ0n) is 15.9. The largest absolute Gasteiger partial charge is 0.423 e. The zero-order chi connectivity index (χ0) is 21.8. The molecule has 0 fully saturated rings. The van der Waals surface area contributed by atoms with Crippen molar-refractivity contribution in [1.82, 2.24) is 0 Å². The number of aryl methyl sites for hydroxylation is 3. The van der Waals surface area contributed by atoms with Crippen molar-refractivity contribution in [2.45, 2.75) is 26.2 Å². The number of hydrogen-bond acceptors (Lipinski definition) is 2. The third-order valence-electron chi connectivity index (χ3n) is 4.61. The number of hydrogen-bond donors (Lipinski definition) is 0. The van der Waals surface area contributed by atoms with Crippen molar-refractivity contribution in [1.29, 1.82) is 0 Å². The lowest BCUT2D eigenvalue weighted by molar-refractivity contribution is 0.0723.